The molecular weight excluding hydrogens is 342 g/mol. The normalized spacial score (nSPS) is 43.2. The number of benzene rings is 1. The Balaban J connectivity index is 1.99. The van der Waals surface area contributed by atoms with Crippen molar-refractivity contribution in [2.45, 2.75) is 36.1 Å². The molecule has 3 saturated heterocycles. The summed E-state index contributed by atoms with van der Waals surface area (Å²) in [5, 5.41) is 9.88. The number of carbonyl (C=O) groups excluding carboxylic acids is 2. The van der Waals surface area contributed by atoms with Crippen LogP contribution in [-0.4, -0.2) is 38.4 Å². The second-order valence-corrected chi connectivity index (χ2v) is 10.1. The second-order valence-electron chi connectivity index (χ2n) is 7.09. The molecule has 2 amide bonds. The fraction of sp³-hybridized carbons (Fsp3) is 0.471. The summed E-state index contributed by atoms with van der Waals surface area (Å²) in [5.41, 5.74) is 0.0360. The van der Waals surface area contributed by atoms with Gasteiger partial charge in [-0.15, -0.1) is 0 Å². The second kappa shape index (κ2) is 4.44. The van der Waals surface area contributed by atoms with Crippen molar-refractivity contribution in [3.05, 3.63) is 35.9 Å². The zero-order chi connectivity index (χ0) is 17.5. The molecule has 1 spiro atoms. The number of piperazine rings is 1. The van der Waals surface area contributed by atoms with Gasteiger partial charge < -0.3 is 9.80 Å². The lowest BCUT2D eigenvalue weighted by molar-refractivity contribution is -0.159. The maximum Gasteiger partial charge on any atom is 0.261 e. The van der Waals surface area contributed by atoms with Crippen LogP contribution in [0.5, 0.6) is 0 Å². The maximum atomic E-state index is 13.3. The molecule has 4 rings (SSSR count). The number of nitrogens with zero attached hydrogens (tertiary/aromatic N) is 3. The van der Waals surface area contributed by atoms with Crippen molar-refractivity contribution in [3.8, 4) is 6.07 Å². The quantitative estimate of drug-likeness (QED) is 0.762. The van der Waals surface area contributed by atoms with Crippen molar-refractivity contribution in [1.29, 1.82) is 5.26 Å². The molecular formula is C17H17N3O2S2. The van der Waals surface area contributed by atoms with E-state index in [1.54, 1.807) is 18.9 Å². The molecule has 0 radical (unpaired) electrons. The van der Waals surface area contributed by atoms with E-state index in [0.29, 0.717) is 6.42 Å². The van der Waals surface area contributed by atoms with Crippen LogP contribution in [0, 0.1) is 16.7 Å². The summed E-state index contributed by atoms with van der Waals surface area (Å²) in [6.45, 7) is 3.60. The first kappa shape index (κ1) is 15.7. The minimum atomic E-state index is -1.05. The zero-order valence-corrected chi connectivity index (χ0v) is 15.3. The van der Waals surface area contributed by atoms with Crippen LogP contribution in [0.4, 0.5) is 0 Å². The Labute approximate surface area is 147 Å². The van der Waals surface area contributed by atoms with E-state index in [0.717, 1.165) is 5.56 Å². The molecule has 3 aliphatic heterocycles. The predicted octanol–water partition coefficient (Wildman–Crippen LogP) is 1.47. The van der Waals surface area contributed by atoms with E-state index in [1.165, 1.54) is 4.90 Å². The number of amides is 2. The molecule has 5 nitrogen and oxygen atoms in total. The van der Waals surface area contributed by atoms with Gasteiger partial charge in [-0.05, 0) is 30.6 Å². The van der Waals surface area contributed by atoms with Crippen LogP contribution in [0.3, 0.4) is 0 Å². The predicted molar refractivity (Wildman–Crippen MR) is 93.0 cm³/mol. The fourth-order valence-corrected chi connectivity index (χ4v) is 8.00. The van der Waals surface area contributed by atoms with Crippen molar-refractivity contribution >= 4 is 32.5 Å². The van der Waals surface area contributed by atoms with Crippen LogP contribution in [-0.2, 0) is 30.2 Å². The average molecular weight is 359 g/mol. The lowest BCUT2D eigenvalue weighted by atomic mass is 9.79. The van der Waals surface area contributed by atoms with Crippen molar-refractivity contribution in [2.24, 2.45) is 5.41 Å². The van der Waals surface area contributed by atoms with Crippen LogP contribution >= 0.6 is 0 Å². The van der Waals surface area contributed by atoms with Crippen LogP contribution in [0.1, 0.15) is 31.9 Å². The molecule has 3 heterocycles. The first-order chi connectivity index (χ1) is 11.2. The molecule has 0 saturated carbocycles. The zero-order valence-electron chi connectivity index (χ0n) is 13.6. The summed E-state index contributed by atoms with van der Waals surface area (Å²) in [5.74, 6) is -0.251. The Bertz CT molecular complexity index is 851. The largest absolute Gasteiger partial charge is 0.320 e. The summed E-state index contributed by atoms with van der Waals surface area (Å²) >= 11 is 5.73. The first-order valence-electron chi connectivity index (χ1n) is 7.75. The Morgan fingerprint density at radius 2 is 1.88 bits per heavy atom. The highest BCUT2D eigenvalue weighted by Crippen LogP contribution is 2.64. The van der Waals surface area contributed by atoms with Gasteiger partial charge in [0.15, 0.2) is 9.74 Å². The standard InChI is InChI=1S/C17H17N3O2S2/c1-15(10-18)9-17-14(22)19(3)16(2,24(17)23)13(21)20(17)12(15)11-7-5-4-6-8-11/h4-8,12H,9H2,1-3H3/t12?,15-,16?,17?,24?/m1/s1. The first-order valence-corrected chi connectivity index (χ1v) is 9.90. The molecule has 3 fully saturated rings. The molecule has 24 heavy (non-hydrogen) atoms. The molecule has 0 N–H and O–H groups in total. The number of rotatable bonds is 1. The smallest absolute Gasteiger partial charge is 0.261 e. The van der Waals surface area contributed by atoms with E-state index in [-0.39, 0.29) is 11.8 Å². The van der Waals surface area contributed by atoms with Crippen molar-refractivity contribution in [2.75, 3.05) is 7.05 Å². The molecule has 7 heteroatoms. The molecule has 0 aromatic heterocycles. The van der Waals surface area contributed by atoms with E-state index in [2.05, 4.69) is 6.07 Å². The lowest BCUT2D eigenvalue weighted by Gasteiger charge is -2.39. The van der Waals surface area contributed by atoms with E-state index in [9.17, 15) is 14.9 Å². The van der Waals surface area contributed by atoms with Gasteiger partial charge in [-0.3, -0.25) is 9.59 Å². The van der Waals surface area contributed by atoms with Crippen LogP contribution in [0.25, 0.3) is 0 Å². The van der Waals surface area contributed by atoms with Gasteiger partial charge in [-0.1, -0.05) is 39.8 Å². The van der Waals surface area contributed by atoms with Crippen molar-refractivity contribution < 1.29 is 9.59 Å². The summed E-state index contributed by atoms with van der Waals surface area (Å²) in [7, 11) is 0.760. The summed E-state index contributed by atoms with van der Waals surface area (Å²) in [6, 6.07) is 11.4. The van der Waals surface area contributed by atoms with Crippen molar-refractivity contribution in [3.63, 3.8) is 0 Å². The van der Waals surface area contributed by atoms with Crippen LogP contribution in [0.15, 0.2) is 30.3 Å². The SMILES string of the molecule is CN1C(=O)C23C[C@](C)(C#N)C(c4ccccc4)N2C(=O)C1(C)S3=S. The van der Waals surface area contributed by atoms with Gasteiger partial charge in [0, 0.05) is 13.5 Å². The topological polar surface area (TPSA) is 64.4 Å². The monoisotopic (exact) mass is 359 g/mol. The molecule has 3 aliphatic rings. The van der Waals surface area contributed by atoms with E-state index in [4.69, 9.17) is 11.2 Å². The van der Waals surface area contributed by atoms with Crippen molar-refractivity contribution in [1.82, 2.24) is 9.80 Å². The van der Waals surface area contributed by atoms with E-state index in [1.807, 2.05) is 37.3 Å². The molecule has 124 valence electrons. The molecule has 1 aromatic carbocycles. The molecule has 5 atom stereocenters. The maximum absolute atomic E-state index is 13.3. The van der Waals surface area contributed by atoms with Crippen LogP contribution < -0.4 is 0 Å². The Morgan fingerprint density at radius 1 is 1.25 bits per heavy atom. The van der Waals surface area contributed by atoms with Gasteiger partial charge >= 0.3 is 0 Å². The molecule has 1 aromatic rings. The van der Waals surface area contributed by atoms with Gasteiger partial charge in [-0.2, -0.15) is 5.26 Å². The third-order valence-electron chi connectivity index (χ3n) is 5.79. The van der Waals surface area contributed by atoms with Crippen LogP contribution in [0.2, 0.25) is 0 Å². The third kappa shape index (κ3) is 1.39. The van der Waals surface area contributed by atoms with E-state index < -0.39 is 30.7 Å². The number of carbonyl (C=O) groups is 2. The Morgan fingerprint density at radius 3 is 2.46 bits per heavy atom. The highest BCUT2D eigenvalue weighted by molar-refractivity contribution is 8.31. The molecule has 0 aliphatic carbocycles. The van der Waals surface area contributed by atoms with Gasteiger partial charge in [0.2, 0.25) is 0 Å². The highest BCUT2D eigenvalue weighted by Gasteiger charge is 2.80. The average Bonchev–Trinajstić information content (AvgIpc) is 3.02. The van der Waals surface area contributed by atoms with Gasteiger partial charge in [0.25, 0.3) is 11.8 Å². The molecule has 4 unspecified atom stereocenters. The van der Waals surface area contributed by atoms with Gasteiger partial charge in [-0.25, -0.2) is 0 Å². The number of hydrogen-bond donors (Lipinski definition) is 0. The molecule has 2 bridgehead atoms. The number of hydrogen-bond acceptors (Lipinski definition) is 4. The number of likely N-dealkylation sites (N-methyl/N-ethyl adjacent to an activating group) is 1. The minimum absolute atomic E-state index is 0.122. The Hall–Kier alpha value is -1.78. The summed E-state index contributed by atoms with van der Waals surface area (Å²) in [6.07, 6.45) is 0.299. The minimum Gasteiger partial charge on any atom is -0.320 e. The number of fused-ring (bicyclic) bond motifs is 1. The summed E-state index contributed by atoms with van der Waals surface area (Å²) < 4.78 is 0. The summed E-state index contributed by atoms with van der Waals surface area (Å²) in [4.78, 5) is 27.5. The van der Waals surface area contributed by atoms with Gasteiger partial charge in [0.05, 0.1) is 17.5 Å². The highest BCUT2D eigenvalue weighted by atomic mass is 32.8. The number of nitriles is 1. The van der Waals surface area contributed by atoms with Gasteiger partial charge in [0.1, 0.15) is 0 Å². The van der Waals surface area contributed by atoms with E-state index >= 15 is 0 Å². The lowest BCUT2D eigenvalue weighted by Crippen LogP contribution is -2.60. The third-order valence-corrected chi connectivity index (χ3v) is 9.89. The Kier molecular flexibility index (Phi) is 2.91. The fourth-order valence-electron chi connectivity index (χ4n) is 4.48.